The lowest BCUT2D eigenvalue weighted by Crippen LogP contribution is -2.46. The van der Waals surface area contributed by atoms with Crippen LogP contribution in [0.1, 0.15) is 15.9 Å². The van der Waals surface area contributed by atoms with E-state index in [0.717, 1.165) is 12.1 Å². The molecule has 2 aromatic rings. The number of halogens is 3. The number of carbonyl (C=O) groups excluding carboxylic acids is 2. The topological polar surface area (TPSA) is 81.4 Å². The summed E-state index contributed by atoms with van der Waals surface area (Å²) >= 11 is 6.01. The number of primary amides is 1. The van der Waals surface area contributed by atoms with Crippen LogP contribution in [0.4, 0.5) is 8.78 Å². The van der Waals surface area contributed by atoms with Crippen LogP contribution in [0.25, 0.3) is 0 Å². The lowest BCUT2D eigenvalue weighted by molar-refractivity contribution is -0.119. The Balaban J connectivity index is 2.18. The fraction of sp³-hybridized carbons (Fsp3) is 0.176. The van der Waals surface area contributed by atoms with Crippen LogP contribution in [0.5, 0.6) is 5.75 Å². The number of rotatable bonds is 6. The second-order valence-corrected chi connectivity index (χ2v) is 5.61. The van der Waals surface area contributed by atoms with Crippen molar-refractivity contribution in [3.8, 4) is 5.75 Å². The summed E-state index contributed by atoms with van der Waals surface area (Å²) in [6.07, 6.45) is 0.0295. The van der Waals surface area contributed by atoms with Crippen LogP contribution < -0.4 is 15.8 Å². The summed E-state index contributed by atoms with van der Waals surface area (Å²) in [5, 5.41) is 2.63. The Morgan fingerprint density at radius 1 is 1.28 bits per heavy atom. The summed E-state index contributed by atoms with van der Waals surface area (Å²) in [6, 6.07) is 6.87. The van der Waals surface area contributed by atoms with Crippen molar-refractivity contribution < 1.29 is 23.1 Å². The minimum atomic E-state index is -1.30. The van der Waals surface area contributed by atoms with Gasteiger partial charge in [-0.2, -0.15) is 0 Å². The predicted molar refractivity (Wildman–Crippen MR) is 88.5 cm³/mol. The molecule has 25 heavy (non-hydrogen) atoms. The van der Waals surface area contributed by atoms with Crippen molar-refractivity contribution in [1.29, 1.82) is 0 Å². The number of hydrogen-bond acceptors (Lipinski definition) is 3. The average Bonchev–Trinajstić information content (AvgIpc) is 2.56. The van der Waals surface area contributed by atoms with Crippen LogP contribution in [0.3, 0.4) is 0 Å². The molecule has 0 spiro atoms. The van der Waals surface area contributed by atoms with Gasteiger partial charge in [-0.15, -0.1) is 0 Å². The van der Waals surface area contributed by atoms with Gasteiger partial charge in [0.25, 0.3) is 5.91 Å². The van der Waals surface area contributed by atoms with E-state index >= 15 is 0 Å². The van der Waals surface area contributed by atoms with Gasteiger partial charge < -0.3 is 15.8 Å². The van der Waals surface area contributed by atoms with Gasteiger partial charge in [-0.3, -0.25) is 9.59 Å². The summed E-state index contributed by atoms with van der Waals surface area (Å²) in [4.78, 5) is 23.7. The van der Waals surface area contributed by atoms with Gasteiger partial charge in [0.2, 0.25) is 5.91 Å². The van der Waals surface area contributed by atoms with Gasteiger partial charge in [-0.25, -0.2) is 8.78 Å². The van der Waals surface area contributed by atoms with E-state index in [-0.39, 0.29) is 6.42 Å². The molecule has 0 fully saturated rings. The predicted octanol–water partition coefficient (Wildman–Crippen LogP) is 2.45. The molecule has 3 N–H and O–H groups in total. The van der Waals surface area contributed by atoms with E-state index in [0.29, 0.717) is 16.3 Å². The third kappa shape index (κ3) is 4.45. The smallest absolute Gasteiger partial charge is 0.255 e. The number of amides is 2. The number of ether oxygens (including phenoxy) is 1. The monoisotopic (exact) mass is 368 g/mol. The highest BCUT2D eigenvalue weighted by molar-refractivity contribution is 6.32. The van der Waals surface area contributed by atoms with E-state index in [1.54, 1.807) is 18.2 Å². The van der Waals surface area contributed by atoms with Gasteiger partial charge in [-0.05, 0) is 29.8 Å². The second kappa shape index (κ2) is 7.94. The van der Waals surface area contributed by atoms with Crippen molar-refractivity contribution in [2.24, 2.45) is 5.73 Å². The van der Waals surface area contributed by atoms with Gasteiger partial charge in [0.05, 0.1) is 17.7 Å². The number of carbonyl (C=O) groups is 2. The zero-order valence-corrected chi connectivity index (χ0v) is 13.9. The summed E-state index contributed by atoms with van der Waals surface area (Å²) in [5.41, 5.74) is 5.39. The molecule has 5 nitrogen and oxygen atoms in total. The lowest BCUT2D eigenvalue weighted by Gasteiger charge is -2.16. The van der Waals surface area contributed by atoms with Crippen molar-refractivity contribution in [3.05, 3.63) is 64.2 Å². The fourth-order valence-electron chi connectivity index (χ4n) is 2.21. The molecule has 2 aromatic carbocycles. The maximum Gasteiger partial charge on any atom is 0.255 e. The lowest BCUT2D eigenvalue weighted by atomic mass is 10.0. The Labute approximate surface area is 147 Å². The van der Waals surface area contributed by atoms with E-state index in [2.05, 4.69) is 5.32 Å². The first kappa shape index (κ1) is 18.7. The SMILES string of the molecule is COc1ccc(C[C@H](NC(=O)c2cccc(F)c2F)C(N)=O)cc1Cl. The van der Waals surface area contributed by atoms with Crippen LogP contribution in [-0.4, -0.2) is 25.0 Å². The van der Waals surface area contributed by atoms with Crippen molar-refractivity contribution in [1.82, 2.24) is 5.32 Å². The fourth-order valence-corrected chi connectivity index (χ4v) is 2.49. The van der Waals surface area contributed by atoms with Crippen molar-refractivity contribution in [2.45, 2.75) is 12.5 Å². The molecule has 0 radical (unpaired) electrons. The van der Waals surface area contributed by atoms with Gasteiger partial charge in [0, 0.05) is 6.42 Å². The molecule has 0 aliphatic heterocycles. The van der Waals surface area contributed by atoms with Crippen LogP contribution in [-0.2, 0) is 11.2 Å². The van der Waals surface area contributed by atoms with Gasteiger partial charge in [0.15, 0.2) is 11.6 Å². The number of methoxy groups -OCH3 is 1. The minimum absolute atomic E-state index is 0.0295. The quantitative estimate of drug-likeness (QED) is 0.821. The highest BCUT2D eigenvalue weighted by Crippen LogP contribution is 2.25. The van der Waals surface area contributed by atoms with E-state index in [1.165, 1.54) is 13.2 Å². The van der Waals surface area contributed by atoms with Crippen LogP contribution in [0, 0.1) is 11.6 Å². The van der Waals surface area contributed by atoms with Crippen LogP contribution >= 0.6 is 11.6 Å². The summed E-state index contributed by atoms with van der Waals surface area (Å²) in [5.74, 6) is -3.77. The van der Waals surface area contributed by atoms with Gasteiger partial charge in [0.1, 0.15) is 11.8 Å². The highest BCUT2D eigenvalue weighted by Gasteiger charge is 2.22. The van der Waals surface area contributed by atoms with E-state index < -0.39 is 35.1 Å². The molecule has 0 heterocycles. The zero-order chi connectivity index (χ0) is 18.6. The van der Waals surface area contributed by atoms with Gasteiger partial charge >= 0.3 is 0 Å². The third-order valence-corrected chi connectivity index (χ3v) is 3.80. The maximum atomic E-state index is 13.7. The highest BCUT2D eigenvalue weighted by atomic mass is 35.5. The Bertz CT molecular complexity index is 814. The van der Waals surface area contributed by atoms with Crippen molar-refractivity contribution in [2.75, 3.05) is 7.11 Å². The zero-order valence-electron chi connectivity index (χ0n) is 13.2. The number of nitrogens with one attached hydrogen (secondary N) is 1. The molecule has 0 saturated heterocycles. The molecule has 132 valence electrons. The van der Waals surface area contributed by atoms with Crippen molar-refractivity contribution >= 4 is 23.4 Å². The molecule has 2 amide bonds. The standard InChI is InChI=1S/C17H15ClF2N2O3/c1-25-14-6-5-9(7-11(14)18)8-13(16(21)23)22-17(24)10-3-2-4-12(19)15(10)20/h2-7,13H,8H2,1H3,(H2,21,23)(H,22,24)/t13-/m0/s1. The molecule has 0 unspecified atom stereocenters. The van der Waals surface area contributed by atoms with E-state index in [9.17, 15) is 18.4 Å². The number of nitrogens with two attached hydrogens (primary N) is 1. The first-order valence-corrected chi connectivity index (χ1v) is 7.58. The molecular weight excluding hydrogens is 354 g/mol. The molecule has 0 aromatic heterocycles. The second-order valence-electron chi connectivity index (χ2n) is 5.20. The molecule has 8 heteroatoms. The van der Waals surface area contributed by atoms with E-state index in [4.69, 9.17) is 22.1 Å². The Hall–Kier alpha value is -2.67. The Morgan fingerprint density at radius 3 is 2.60 bits per heavy atom. The van der Waals surface area contributed by atoms with Crippen LogP contribution in [0.15, 0.2) is 36.4 Å². The molecule has 0 aliphatic rings. The normalized spacial score (nSPS) is 11.7. The van der Waals surface area contributed by atoms with Crippen LogP contribution in [0.2, 0.25) is 5.02 Å². The van der Waals surface area contributed by atoms with Gasteiger partial charge in [-0.1, -0.05) is 23.7 Å². The number of hydrogen-bond donors (Lipinski definition) is 2. The maximum absolute atomic E-state index is 13.7. The molecule has 0 aliphatic carbocycles. The molecule has 1 atom stereocenters. The van der Waals surface area contributed by atoms with E-state index in [1.807, 2.05) is 0 Å². The molecular formula is C17H15ClF2N2O3. The Kier molecular flexibility index (Phi) is 5.93. The average molecular weight is 369 g/mol. The number of benzene rings is 2. The Morgan fingerprint density at radius 2 is 2.00 bits per heavy atom. The first-order chi connectivity index (χ1) is 11.8. The largest absolute Gasteiger partial charge is 0.495 e. The summed E-state index contributed by atoms with van der Waals surface area (Å²) in [6.45, 7) is 0. The summed E-state index contributed by atoms with van der Waals surface area (Å²) < 4.78 is 31.9. The third-order valence-electron chi connectivity index (χ3n) is 3.50. The molecule has 0 saturated carbocycles. The first-order valence-electron chi connectivity index (χ1n) is 7.20. The molecule has 2 rings (SSSR count). The minimum Gasteiger partial charge on any atom is -0.495 e. The molecule has 0 bridgehead atoms. The summed E-state index contributed by atoms with van der Waals surface area (Å²) in [7, 11) is 1.46. The van der Waals surface area contributed by atoms with Crippen molar-refractivity contribution in [3.63, 3.8) is 0 Å².